The number of H-pyrrole nitrogens is 1. The van der Waals surface area contributed by atoms with E-state index in [9.17, 15) is 13.8 Å². The maximum Gasteiger partial charge on any atom is 0.284 e. The van der Waals surface area contributed by atoms with Gasteiger partial charge in [-0.15, -0.1) is 0 Å². The number of furan rings is 1. The number of primary amides is 1. The number of hydrogen-bond donors (Lipinski definition) is 5. The van der Waals surface area contributed by atoms with Crippen LogP contribution in [0.3, 0.4) is 0 Å². The van der Waals surface area contributed by atoms with Crippen molar-refractivity contribution in [1.82, 2.24) is 15.0 Å². The minimum Gasteiger partial charge on any atom is -0.451 e. The molecule has 0 aliphatic rings. The third-order valence-corrected chi connectivity index (χ3v) is 5.87. The van der Waals surface area contributed by atoms with E-state index in [-0.39, 0.29) is 11.7 Å². The first kappa shape index (κ1) is 26.1. The Morgan fingerprint density at radius 1 is 1.00 bits per heavy atom. The van der Waals surface area contributed by atoms with Crippen molar-refractivity contribution in [2.45, 2.75) is 32.1 Å². The Bertz CT molecular complexity index is 1250. The van der Waals surface area contributed by atoms with Crippen molar-refractivity contribution in [2.24, 2.45) is 10.9 Å². The van der Waals surface area contributed by atoms with Gasteiger partial charge in [0.1, 0.15) is 5.58 Å². The molecule has 0 fully saturated rings. The Kier molecular flexibility index (Phi) is 10.0. The van der Waals surface area contributed by atoms with E-state index in [1.807, 2.05) is 42.6 Å². The molecule has 0 bridgehead atoms. The minimum atomic E-state index is -1.44. The highest BCUT2D eigenvalue weighted by Crippen LogP contribution is 2.18. The third kappa shape index (κ3) is 8.36. The predicted octanol–water partition coefficient (Wildman–Crippen LogP) is 3.05. The summed E-state index contributed by atoms with van der Waals surface area (Å²) in [6.45, 7) is 1.26. The van der Waals surface area contributed by atoms with Crippen molar-refractivity contribution in [3.63, 3.8) is 0 Å². The summed E-state index contributed by atoms with van der Waals surface area (Å²) in [6.07, 6.45) is 5.97. The molecule has 35 heavy (non-hydrogen) atoms. The van der Waals surface area contributed by atoms with E-state index in [0.717, 1.165) is 36.6 Å². The number of aromatic nitrogens is 1. The van der Waals surface area contributed by atoms with Gasteiger partial charge in [-0.2, -0.15) is 0 Å². The van der Waals surface area contributed by atoms with Crippen LogP contribution in [0.2, 0.25) is 0 Å². The van der Waals surface area contributed by atoms with Crippen LogP contribution in [0.1, 0.15) is 41.8 Å². The molecule has 0 saturated heterocycles. The van der Waals surface area contributed by atoms with E-state index < -0.39 is 17.1 Å². The third-order valence-electron chi connectivity index (χ3n) is 5.38. The van der Waals surface area contributed by atoms with Crippen molar-refractivity contribution in [2.75, 3.05) is 13.1 Å². The molecule has 9 nitrogen and oxygen atoms in total. The van der Waals surface area contributed by atoms with Gasteiger partial charge >= 0.3 is 0 Å². The number of fused-ring (bicyclic) bond motifs is 2. The molecule has 0 aliphatic heterocycles. The zero-order valence-electron chi connectivity index (χ0n) is 19.4. The highest BCUT2D eigenvalue weighted by molar-refractivity contribution is 7.80. The van der Waals surface area contributed by atoms with E-state index >= 15 is 0 Å². The molecule has 4 aromatic rings. The second-order valence-corrected chi connectivity index (χ2v) is 8.86. The van der Waals surface area contributed by atoms with E-state index in [1.54, 1.807) is 12.1 Å². The molecular formula is C25H31N5O4S. The molecule has 2 heterocycles. The fourth-order valence-corrected chi connectivity index (χ4v) is 3.97. The molecule has 10 heteroatoms. The van der Waals surface area contributed by atoms with Crippen LogP contribution in [0, 0.1) is 0 Å². The highest BCUT2D eigenvalue weighted by Gasteiger charge is 2.07. The van der Waals surface area contributed by atoms with Crippen LogP contribution in [0.5, 0.6) is 0 Å². The maximum absolute atomic E-state index is 11.8. The van der Waals surface area contributed by atoms with Crippen molar-refractivity contribution >= 4 is 44.9 Å². The molecule has 1 unspecified atom stereocenters. The zero-order chi connectivity index (χ0) is 25.0. The van der Waals surface area contributed by atoms with Gasteiger partial charge in [-0.05, 0) is 43.0 Å². The number of nitrogens with two attached hydrogens (primary N) is 2. The Labute approximate surface area is 206 Å². The topological polar surface area (TPSA) is 156 Å². The van der Waals surface area contributed by atoms with Crippen LogP contribution in [0.25, 0.3) is 21.9 Å². The van der Waals surface area contributed by atoms with Gasteiger partial charge < -0.3 is 20.5 Å². The Hall–Kier alpha value is -3.47. The molecule has 186 valence electrons. The second kappa shape index (κ2) is 13.4. The number of para-hydroxylation sites is 2. The summed E-state index contributed by atoms with van der Waals surface area (Å²) in [7, 11) is 0. The van der Waals surface area contributed by atoms with Crippen LogP contribution in [-0.4, -0.2) is 34.1 Å². The molecule has 0 saturated carbocycles. The Morgan fingerprint density at radius 2 is 1.77 bits per heavy atom. The molecule has 0 radical (unpaired) electrons. The van der Waals surface area contributed by atoms with Crippen LogP contribution in [0.4, 0.5) is 0 Å². The first-order valence-electron chi connectivity index (χ1n) is 11.4. The summed E-state index contributed by atoms with van der Waals surface area (Å²) in [5, 5.41) is 10.1. The lowest BCUT2D eigenvalue weighted by atomic mass is 10.1. The molecule has 0 spiro atoms. The number of carbonyl (C=O) groups excluding carboxylic acids is 2. The lowest BCUT2D eigenvalue weighted by Gasteiger charge is -2.05. The number of rotatable bonds is 11. The van der Waals surface area contributed by atoms with E-state index in [0.29, 0.717) is 25.1 Å². The second-order valence-electron chi connectivity index (χ2n) is 7.97. The van der Waals surface area contributed by atoms with Crippen LogP contribution >= 0.6 is 0 Å². The van der Waals surface area contributed by atoms with Crippen molar-refractivity contribution in [3.8, 4) is 0 Å². The van der Waals surface area contributed by atoms with Gasteiger partial charge in [-0.25, -0.2) is 14.1 Å². The normalized spacial score (nSPS) is 11.7. The molecular weight excluding hydrogens is 466 g/mol. The van der Waals surface area contributed by atoms with Gasteiger partial charge in [0.05, 0.1) is 0 Å². The van der Waals surface area contributed by atoms with Crippen molar-refractivity contribution < 1.29 is 18.2 Å². The molecule has 2 aromatic carbocycles. The number of hydrogen-bond acceptors (Lipinski definition) is 4. The molecule has 2 amide bonds. The monoisotopic (exact) mass is 497 g/mol. The standard InChI is InChI=1S/C16H24N4O2S.C9H7NO2/c17-23(22)20-10-5-1-2-8-16(21)18-11-9-13-12-19-15-7-4-3-6-14(13)15;10-9(11)8-5-6-3-1-2-4-7(6)12-8/h3-4,6-7,12,19-20H,1-2,5,8-11,17H2,(H,18,21);1-5H,(H2,10,11). The van der Waals surface area contributed by atoms with Crippen LogP contribution in [0.15, 0.2) is 65.2 Å². The number of aromatic amines is 1. The average Bonchev–Trinajstić information content (AvgIpc) is 3.46. The van der Waals surface area contributed by atoms with Gasteiger partial charge in [-0.3, -0.25) is 9.59 Å². The highest BCUT2D eigenvalue weighted by atomic mass is 32.2. The average molecular weight is 498 g/mol. The molecule has 0 aliphatic carbocycles. The molecule has 7 N–H and O–H groups in total. The van der Waals surface area contributed by atoms with Gasteiger partial charge in [-0.1, -0.05) is 42.8 Å². The molecule has 4 rings (SSSR count). The first-order chi connectivity index (χ1) is 16.9. The quantitative estimate of drug-likeness (QED) is 0.202. The summed E-state index contributed by atoms with van der Waals surface area (Å²) in [4.78, 5) is 25.7. The smallest absolute Gasteiger partial charge is 0.284 e. The summed E-state index contributed by atoms with van der Waals surface area (Å²) < 4.78 is 18.4. The van der Waals surface area contributed by atoms with Gasteiger partial charge in [0.2, 0.25) is 5.91 Å². The van der Waals surface area contributed by atoms with Crippen molar-refractivity contribution in [1.29, 1.82) is 0 Å². The molecule has 1 atom stereocenters. The predicted molar refractivity (Wildman–Crippen MR) is 139 cm³/mol. The number of nitrogens with one attached hydrogen (secondary N) is 3. The fraction of sp³-hybridized carbons (Fsp3) is 0.280. The lowest BCUT2D eigenvalue weighted by molar-refractivity contribution is -0.121. The zero-order valence-corrected chi connectivity index (χ0v) is 20.2. The maximum atomic E-state index is 11.8. The van der Waals surface area contributed by atoms with Gasteiger partial charge in [0.15, 0.2) is 16.9 Å². The number of unbranched alkanes of at least 4 members (excludes halogenated alkanes) is 2. The number of amides is 2. The summed E-state index contributed by atoms with van der Waals surface area (Å²) in [5.74, 6) is -0.248. The Morgan fingerprint density at radius 3 is 2.54 bits per heavy atom. The van der Waals surface area contributed by atoms with Gasteiger partial charge in [0, 0.05) is 42.0 Å². The first-order valence-corrected chi connectivity index (χ1v) is 12.6. The largest absolute Gasteiger partial charge is 0.451 e. The SMILES string of the molecule is NC(=O)c1cc2ccccc2o1.NS(=O)NCCCCCC(=O)NCCc1c[nH]c2ccccc12. The van der Waals surface area contributed by atoms with Crippen LogP contribution < -0.4 is 20.9 Å². The van der Waals surface area contributed by atoms with E-state index in [1.165, 1.54) is 10.9 Å². The minimum absolute atomic E-state index is 0.0835. The van der Waals surface area contributed by atoms with E-state index in [4.69, 9.17) is 15.3 Å². The number of carbonyl (C=O) groups is 2. The summed E-state index contributed by atoms with van der Waals surface area (Å²) >= 11 is -1.44. The molecule has 2 aromatic heterocycles. The number of benzene rings is 2. The fourth-order valence-electron chi connectivity index (χ4n) is 3.63. The van der Waals surface area contributed by atoms with Crippen LogP contribution in [-0.2, 0) is 22.4 Å². The lowest BCUT2D eigenvalue weighted by Crippen LogP contribution is -2.26. The Balaban J connectivity index is 0.000000237. The van der Waals surface area contributed by atoms with E-state index in [2.05, 4.69) is 21.1 Å². The summed E-state index contributed by atoms with van der Waals surface area (Å²) in [5.41, 5.74) is 8.08. The summed E-state index contributed by atoms with van der Waals surface area (Å²) in [6, 6.07) is 17.2. The van der Waals surface area contributed by atoms with Crippen molar-refractivity contribution in [3.05, 3.63) is 72.1 Å². The van der Waals surface area contributed by atoms with Gasteiger partial charge in [0.25, 0.3) is 5.91 Å².